The first-order valence-electron chi connectivity index (χ1n) is 4.86. The Kier molecular flexibility index (Phi) is 9.73. The lowest BCUT2D eigenvalue weighted by molar-refractivity contribution is 0.455. The van der Waals surface area contributed by atoms with Gasteiger partial charge in [0.2, 0.25) is 0 Å². The molecular formula is C8H23N5. The second-order valence-corrected chi connectivity index (χ2v) is 3.09. The molecule has 0 saturated heterocycles. The second-order valence-electron chi connectivity index (χ2n) is 3.09. The van der Waals surface area contributed by atoms with Crippen LogP contribution in [0, 0.1) is 5.92 Å². The van der Waals surface area contributed by atoms with E-state index in [4.69, 9.17) is 17.2 Å². The van der Waals surface area contributed by atoms with Crippen molar-refractivity contribution in [3.05, 3.63) is 0 Å². The van der Waals surface area contributed by atoms with E-state index in [-0.39, 0.29) is 0 Å². The highest BCUT2D eigenvalue weighted by Gasteiger charge is 2.04. The van der Waals surface area contributed by atoms with Gasteiger partial charge in [0.25, 0.3) is 0 Å². The van der Waals surface area contributed by atoms with Gasteiger partial charge in [-0.2, -0.15) is 0 Å². The van der Waals surface area contributed by atoms with E-state index in [1.807, 2.05) is 0 Å². The van der Waals surface area contributed by atoms with Gasteiger partial charge < -0.3 is 27.8 Å². The number of rotatable bonds is 9. The molecule has 0 rings (SSSR count). The Morgan fingerprint density at radius 2 is 1.31 bits per heavy atom. The van der Waals surface area contributed by atoms with Crippen molar-refractivity contribution in [2.75, 3.05) is 45.8 Å². The standard InChI is InChI=1S/C8H23N5/c9-1-3-12-6-8(5-11)7-13-4-2-10/h8,12-13H,1-7,9-11H2. The largest absolute Gasteiger partial charge is 0.330 e. The fraction of sp³-hybridized carbons (Fsp3) is 1.00. The highest BCUT2D eigenvalue weighted by Crippen LogP contribution is 1.87. The van der Waals surface area contributed by atoms with Crippen LogP contribution in [0.1, 0.15) is 0 Å². The molecular weight excluding hydrogens is 166 g/mol. The molecule has 0 aliphatic heterocycles. The molecule has 5 nitrogen and oxygen atoms in total. The molecule has 0 radical (unpaired) electrons. The Bertz CT molecular complexity index is 88.5. The monoisotopic (exact) mass is 189 g/mol. The summed E-state index contributed by atoms with van der Waals surface area (Å²) >= 11 is 0. The molecule has 0 aliphatic rings. The van der Waals surface area contributed by atoms with Crippen molar-refractivity contribution < 1.29 is 0 Å². The third-order valence-electron chi connectivity index (χ3n) is 1.84. The first-order valence-corrected chi connectivity index (χ1v) is 4.86. The van der Waals surface area contributed by atoms with Crippen molar-refractivity contribution in [2.45, 2.75) is 0 Å². The summed E-state index contributed by atoms with van der Waals surface area (Å²) in [7, 11) is 0. The molecule has 0 amide bonds. The first kappa shape index (κ1) is 12.8. The zero-order valence-corrected chi connectivity index (χ0v) is 8.26. The van der Waals surface area contributed by atoms with Gasteiger partial charge in [-0.25, -0.2) is 0 Å². The summed E-state index contributed by atoms with van der Waals surface area (Å²) in [5.41, 5.74) is 16.3. The van der Waals surface area contributed by atoms with Crippen LogP contribution >= 0.6 is 0 Å². The quantitative estimate of drug-likeness (QED) is 0.262. The van der Waals surface area contributed by atoms with Crippen LogP contribution in [0.4, 0.5) is 0 Å². The number of nitrogens with two attached hydrogens (primary N) is 3. The molecule has 0 saturated carbocycles. The molecule has 8 N–H and O–H groups in total. The molecule has 0 unspecified atom stereocenters. The Labute approximate surface area is 80.4 Å². The van der Waals surface area contributed by atoms with Crippen molar-refractivity contribution in [3.63, 3.8) is 0 Å². The van der Waals surface area contributed by atoms with Crippen LogP contribution in [0.15, 0.2) is 0 Å². The summed E-state index contributed by atoms with van der Waals surface area (Å²) in [5.74, 6) is 0.470. The maximum atomic E-state index is 5.59. The van der Waals surface area contributed by atoms with E-state index in [2.05, 4.69) is 10.6 Å². The summed E-state index contributed by atoms with van der Waals surface area (Å²) in [4.78, 5) is 0. The van der Waals surface area contributed by atoms with Gasteiger partial charge in [-0.15, -0.1) is 0 Å². The van der Waals surface area contributed by atoms with Gasteiger partial charge in [0.1, 0.15) is 0 Å². The molecule has 0 bridgehead atoms. The molecule has 80 valence electrons. The zero-order valence-electron chi connectivity index (χ0n) is 8.26. The van der Waals surface area contributed by atoms with Gasteiger partial charge in [-0.05, 0) is 12.5 Å². The van der Waals surface area contributed by atoms with Crippen LogP contribution in [-0.2, 0) is 0 Å². The number of hydrogen-bond donors (Lipinski definition) is 5. The molecule has 0 atom stereocenters. The van der Waals surface area contributed by atoms with Crippen molar-refractivity contribution in [3.8, 4) is 0 Å². The third-order valence-corrected chi connectivity index (χ3v) is 1.84. The van der Waals surface area contributed by atoms with E-state index < -0.39 is 0 Å². The number of nitrogens with one attached hydrogen (secondary N) is 2. The van der Waals surface area contributed by atoms with Gasteiger partial charge in [0.05, 0.1) is 0 Å². The summed E-state index contributed by atoms with van der Waals surface area (Å²) in [6.07, 6.45) is 0. The van der Waals surface area contributed by atoms with Crippen molar-refractivity contribution in [1.29, 1.82) is 0 Å². The fourth-order valence-electron chi connectivity index (χ4n) is 1.06. The minimum atomic E-state index is 0.470. The van der Waals surface area contributed by atoms with Crippen LogP contribution in [0.5, 0.6) is 0 Å². The Morgan fingerprint density at radius 1 is 0.846 bits per heavy atom. The topological polar surface area (TPSA) is 102 Å². The maximum absolute atomic E-state index is 5.59. The first-order chi connectivity index (χ1) is 6.35. The molecule has 0 aromatic heterocycles. The Balaban J connectivity index is 3.28. The van der Waals surface area contributed by atoms with Crippen LogP contribution in [-0.4, -0.2) is 45.8 Å². The minimum absolute atomic E-state index is 0.470. The van der Waals surface area contributed by atoms with E-state index in [1.54, 1.807) is 0 Å². The maximum Gasteiger partial charge on any atom is 0.00746 e. The minimum Gasteiger partial charge on any atom is -0.330 e. The molecule has 5 heteroatoms. The van der Waals surface area contributed by atoms with Gasteiger partial charge in [0, 0.05) is 39.3 Å². The average molecular weight is 189 g/mol. The van der Waals surface area contributed by atoms with Crippen molar-refractivity contribution >= 4 is 0 Å². The summed E-state index contributed by atoms with van der Waals surface area (Å²) < 4.78 is 0. The predicted molar refractivity (Wildman–Crippen MR) is 56.4 cm³/mol. The predicted octanol–water partition coefficient (Wildman–Crippen LogP) is -2.34. The summed E-state index contributed by atoms with van der Waals surface area (Å²) in [6, 6.07) is 0. The van der Waals surface area contributed by atoms with Crippen molar-refractivity contribution in [1.82, 2.24) is 10.6 Å². The highest BCUT2D eigenvalue weighted by molar-refractivity contribution is 4.66. The lowest BCUT2D eigenvalue weighted by atomic mass is 10.1. The van der Waals surface area contributed by atoms with Gasteiger partial charge in [-0.1, -0.05) is 0 Å². The van der Waals surface area contributed by atoms with E-state index in [0.29, 0.717) is 25.6 Å². The molecule has 0 fully saturated rings. The van der Waals surface area contributed by atoms with Crippen LogP contribution in [0.25, 0.3) is 0 Å². The Morgan fingerprint density at radius 3 is 1.62 bits per heavy atom. The third kappa shape index (κ3) is 8.14. The molecule has 0 aliphatic carbocycles. The van der Waals surface area contributed by atoms with Crippen LogP contribution in [0.2, 0.25) is 0 Å². The lowest BCUT2D eigenvalue weighted by Gasteiger charge is -2.15. The van der Waals surface area contributed by atoms with Gasteiger partial charge in [-0.3, -0.25) is 0 Å². The van der Waals surface area contributed by atoms with E-state index in [9.17, 15) is 0 Å². The average Bonchev–Trinajstić information content (AvgIpc) is 2.16. The smallest absolute Gasteiger partial charge is 0.00746 e. The van der Waals surface area contributed by atoms with Crippen LogP contribution < -0.4 is 27.8 Å². The molecule has 0 spiro atoms. The normalized spacial score (nSPS) is 11.1. The second kappa shape index (κ2) is 9.88. The van der Waals surface area contributed by atoms with Crippen LogP contribution in [0.3, 0.4) is 0 Å². The van der Waals surface area contributed by atoms with E-state index in [1.165, 1.54) is 0 Å². The summed E-state index contributed by atoms with van der Waals surface area (Å²) in [5, 5.41) is 6.47. The molecule has 0 aromatic rings. The molecule has 0 aromatic carbocycles. The van der Waals surface area contributed by atoms with E-state index in [0.717, 1.165) is 26.2 Å². The zero-order chi connectivity index (χ0) is 9.94. The highest BCUT2D eigenvalue weighted by atomic mass is 14.9. The van der Waals surface area contributed by atoms with Gasteiger partial charge >= 0.3 is 0 Å². The Hall–Kier alpha value is -0.200. The molecule has 13 heavy (non-hydrogen) atoms. The van der Waals surface area contributed by atoms with Gasteiger partial charge in [0.15, 0.2) is 0 Å². The fourth-order valence-corrected chi connectivity index (χ4v) is 1.06. The SMILES string of the molecule is NCCNCC(CN)CNCCN. The van der Waals surface area contributed by atoms with Crippen molar-refractivity contribution in [2.24, 2.45) is 23.1 Å². The lowest BCUT2D eigenvalue weighted by Crippen LogP contribution is -2.38. The summed E-state index contributed by atoms with van der Waals surface area (Å²) in [6.45, 7) is 5.59. The van der Waals surface area contributed by atoms with E-state index >= 15 is 0 Å². The number of hydrogen-bond acceptors (Lipinski definition) is 5. The molecule has 0 heterocycles.